The molecule has 6 heteroatoms. The number of esters is 1. The second-order valence-electron chi connectivity index (χ2n) is 2.90. The van der Waals surface area contributed by atoms with Crippen molar-refractivity contribution in [3.8, 4) is 11.8 Å². The number of hydrogen-bond acceptors (Lipinski definition) is 3. The van der Waals surface area contributed by atoms with E-state index in [4.69, 9.17) is 0 Å². The van der Waals surface area contributed by atoms with E-state index in [1.165, 1.54) is 0 Å². The van der Waals surface area contributed by atoms with E-state index < -0.39 is 17.8 Å². The van der Waals surface area contributed by atoms with E-state index in [2.05, 4.69) is 21.6 Å². The van der Waals surface area contributed by atoms with Crippen LogP contribution in [0, 0.1) is 11.8 Å². The molecular weight excluding hydrogens is 235 g/mol. The van der Waals surface area contributed by atoms with E-state index in [1.807, 2.05) is 0 Å². The van der Waals surface area contributed by atoms with Gasteiger partial charge in [0.15, 0.2) is 0 Å². The minimum atomic E-state index is -4.48. The molecule has 0 aromatic carbocycles. The molecule has 1 aromatic rings. The summed E-state index contributed by atoms with van der Waals surface area (Å²) in [5, 5.41) is 0. The van der Waals surface area contributed by atoms with Gasteiger partial charge in [-0.15, -0.1) is 0 Å². The molecule has 0 saturated heterocycles. The number of hydrogen-bond donors (Lipinski definition) is 0. The molecule has 17 heavy (non-hydrogen) atoms. The Morgan fingerprint density at radius 1 is 1.47 bits per heavy atom. The van der Waals surface area contributed by atoms with E-state index >= 15 is 0 Å². The van der Waals surface area contributed by atoms with Crippen LogP contribution >= 0.6 is 0 Å². The summed E-state index contributed by atoms with van der Waals surface area (Å²) in [6.07, 6.45) is -3.53. The van der Waals surface area contributed by atoms with Crippen molar-refractivity contribution >= 4 is 5.97 Å². The summed E-state index contributed by atoms with van der Waals surface area (Å²) < 4.78 is 41.0. The predicted molar refractivity (Wildman–Crippen MR) is 52.8 cm³/mol. The highest BCUT2D eigenvalue weighted by Crippen LogP contribution is 2.26. The zero-order valence-corrected chi connectivity index (χ0v) is 8.84. The Balaban J connectivity index is 2.79. The van der Waals surface area contributed by atoms with E-state index in [9.17, 15) is 18.0 Å². The Labute approximate surface area is 95.6 Å². The highest BCUT2D eigenvalue weighted by atomic mass is 19.4. The van der Waals surface area contributed by atoms with Gasteiger partial charge in [0.05, 0.1) is 6.61 Å². The van der Waals surface area contributed by atoms with E-state index in [1.54, 1.807) is 6.92 Å². The lowest BCUT2D eigenvalue weighted by Crippen LogP contribution is -2.07. The average molecular weight is 243 g/mol. The summed E-state index contributed by atoms with van der Waals surface area (Å²) in [6.45, 7) is 1.82. The van der Waals surface area contributed by atoms with Crippen LogP contribution in [0.5, 0.6) is 0 Å². The lowest BCUT2D eigenvalue weighted by molar-refractivity contribution is -0.141. The first-order chi connectivity index (χ1) is 7.93. The van der Waals surface area contributed by atoms with Crippen LogP contribution in [-0.2, 0) is 15.7 Å². The van der Waals surface area contributed by atoms with Crippen molar-refractivity contribution in [1.29, 1.82) is 0 Å². The van der Waals surface area contributed by atoms with Gasteiger partial charge in [0.25, 0.3) is 0 Å². The van der Waals surface area contributed by atoms with Gasteiger partial charge < -0.3 is 4.74 Å². The number of aromatic nitrogens is 1. The number of nitrogens with zero attached hydrogens (tertiary/aromatic N) is 1. The van der Waals surface area contributed by atoms with Crippen molar-refractivity contribution in [2.75, 3.05) is 6.61 Å². The normalized spacial score (nSPS) is 10.4. The topological polar surface area (TPSA) is 39.2 Å². The smallest absolute Gasteiger partial charge is 0.433 e. The second-order valence-corrected chi connectivity index (χ2v) is 2.90. The average Bonchev–Trinajstić information content (AvgIpc) is 2.26. The highest BCUT2D eigenvalue weighted by molar-refractivity contribution is 5.89. The molecule has 1 heterocycles. The van der Waals surface area contributed by atoms with Crippen LogP contribution in [0.15, 0.2) is 18.3 Å². The van der Waals surface area contributed by atoms with Gasteiger partial charge in [-0.05, 0) is 19.1 Å². The number of carbonyl (C=O) groups excluding carboxylic acids is 1. The zero-order valence-electron chi connectivity index (χ0n) is 8.84. The molecule has 0 bridgehead atoms. The van der Waals surface area contributed by atoms with Gasteiger partial charge in [-0.3, -0.25) is 4.98 Å². The molecule has 0 aliphatic carbocycles. The van der Waals surface area contributed by atoms with Crippen LogP contribution < -0.4 is 0 Å². The maximum Gasteiger partial charge on any atom is 0.433 e. The molecule has 0 aliphatic heterocycles. The summed E-state index contributed by atoms with van der Waals surface area (Å²) >= 11 is 0. The van der Waals surface area contributed by atoms with Crippen molar-refractivity contribution in [3.05, 3.63) is 29.6 Å². The standard InChI is InChI=1S/C11H8F3NO2/c1-2-17-10(16)6-4-8-3-5-9(15-7-8)11(12,13)14/h3,5,7H,2H2,1H3. The third kappa shape index (κ3) is 4.15. The first-order valence-corrected chi connectivity index (χ1v) is 4.65. The Hall–Kier alpha value is -2.03. The molecule has 0 radical (unpaired) electrons. The van der Waals surface area contributed by atoms with Crippen LogP contribution in [0.25, 0.3) is 0 Å². The van der Waals surface area contributed by atoms with Gasteiger partial charge in [-0.25, -0.2) is 4.79 Å². The lowest BCUT2D eigenvalue weighted by Gasteiger charge is -2.03. The van der Waals surface area contributed by atoms with Crippen molar-refractivity contribution in [3.63, 3.8) is 0 Å². The predicted octanol–water partition coefficient (Wildman–Crippen LogP) is 2.01. The van der Waals surface area contributed by atoms with E-state index in [0.29, 0.717) is 0 Å². The number of carbonyl (C=O) groups is 1. The first-order valence-electron chi connectivity index (χ1n) is 4.65. The summed E-state index contributed by atoms with van der Waals surface area (Å²) in [5.74, 6) is 3.75. The third-order valence-corrected chi connectivity index (χ3v) is 1.64. The van der Waals surface area contributed by atoms with Crippen LogP contribution in [0.2, 0.25) is 0 Å². The van der Waals surface area contributed by atoms with Gasteiger partial charge in [0.1, 0.15) is 5.69 Å². The molecule has 3 nitrogen and oxygen atoms in total. The third-order valence-electron chi connectivity index (χ3n) is 1.64. The summed E-state index contributed by atoms with van der Waals surface area (Å²) in [7, 11) is 0. The molecule has 0 atom stereocenters. The quantitative estimate of drug-likeness (QED) is 0.559. The first kappa shape index (κ1) is 13.0. The number of ether oxygens (including phenoxy) is 1. The van der Waals surface area contributed by atoms with Gasteiger partial charge in [-0.1, -0.05) is 5.92 Å². The Bertz CT molecular complexity index is 454. The van der Waals surface area contributed by atoms with Gasteiger partial charge >= 0.3 is 12.1 Å². The SMILES string of the molecule is CCOC(=O)C#Cc1ccc(C(F)(F)F)nc1. The summed E-state index contributed by atoms with van der Waals surface area (Å²) in [5.41, 5.74) is -0.787. The van der Waals surface area contributed by atoms with Gasteiger partial charge in [0, 0.05) is 17.7 Å². The molecule has 1 rings (SSSR count). The molecule has 0 unspecified atom stereocenters. The molecular formula is C11H8F3NO2. The summed E-state index contributed by atoms with van der Waals surface area (Å²) in [6, 6.07) is 1.94. The van der Waals surface area contributed by atoms with Gasteiger partial charge in [-0.2, -0.15) is 13.2 Å². The molecule has 0 amide bonds. The van der Waals surface area contributed by atoms with Gasteiger partial charge in [0.2, 0.25) is 0 Å². The zero-order chi connectivity index (χ0) is 12.9. The number of rotatable bonds is 1. The molecule has 90 valence electrons. The van der Waals surface area contributed by atoms with Crippen molar-refractivity contribution < 1.29 is 22.7 Å². The number of alkyl halides is 3. The fourth-order valence-corrected chi connectivity index (χ4v) is 0.926. The van der Waals surface area contributed by atoms with E-state index in [0.717, 1.165) is 18.3 Å². The molecule has 1 aromatic heterocycles. The minimum absolute atomic E-state index is 0.193. The fourth-order valence-electron chi connectivity index (χ4n) is 0.926. The van der Waals surface area contributed by atoms with Crippen LogP contribution in [0.1, 0.15) is 18.2 Å². The largest absolute Gasteiger partial charge is 0.456 e. The lowest BCUT2D eigenvalue weighted by atomic mass is 10.2. The second kappa shape index (κ2) is 5.34. The van der Waals surface area contributed by atoms with E-state index in [-0.39, 0.29) is 12.2 Å². The molecule has 0 N–H and O–H groups in total. The molecule has 0 spiro atoms. The van der Waals surface area contributed by atoms with Crippen LogP contribution in [0.4, 0.5) is 13.2 Å². The maximum absolute atomic E-state index is 12.2. The Kier molecular flexibility index (Phi) is 4.10. The fraction of sp³-hybridized carbons (Fsp3) is 0.273. The van der Waals surface area contributed by atoms with Crippen LogP contribution in [-0.4, -0.2) is 17.6 Å². The van der Waals surface area contributed by atoms with Crippen LogP contribution in [0.3, 0.4) is 0 Å². The highest BCUT2D eigenvalue weighted by Gasteiger charge is 2.31. The molecule has 0 saturated carbocycles. The molecule has 0 aliphatic rings. The number of halogens is 3. The molecule has 0 fully saturated rings. The monoisotopic (exact) mass is 243 g/mol. The Morgan fingerprint density at radius 3 is 2.65 bits per heavy atom. The van der Waals surface area contributed by atoms with Crippen molar-refractivity contribution in [1.82, 2.24) is 4.98 Å². The van der Waals surface area contributed by atoms with Crippen molar-refractivity contribution in [2.24, 2.45) is 0 Å². The maximum atomic E-state index is 12.2. The summed E-state index contributed by atoms with van der Waals surface area (Å²) in [4.78, 5) is 14.0. The number of pyridine rings is 1. The van der Waals surface area contributed by atoms with Crippen molar-refractivity contribution in [2.45, 2.75) is 13.1 Å². The minimum Gasteiger partial charge on any atom is -0.456 e. The Morgan fingerprint density at radius 2 is 2.18 bits per heavy atom.